The van der Waals surface area contributed by atoms with Crippen LogP contribution in [0.2, 0.25) is 0 Å². The van der Waals surface area contributed by atoms with Crippen molar-refractivity contribution in [3.63, 3.8) is 0 Å². The number of hydrogen-bond acceptors (Lipinski definition) is 7. The van der Waals surface area contributed by atoms with Crippen molar-refractivity contribution in [2.24, 2.45) is 5.73 Å². The smallest absolute Gasteiger partial charge is 0.269 e. The van der Waals surface area contributed by atoms with Gasteiger partial charge in [-0.2, -0.15) is 0 Å². The SMILES string of the molecule is COc1cc(CNCCNc2ccc([N+](=O)[O-])cc2)ccc1OCC(N)=O.Cl. The quantitative estimate of drug-likeness (QED) is 0.294. The Bertz CT molecular complexity index is 786. The van der Waals surface area contributed by atoms with Crippen LogP contribution in [0.4, 0.5) is 11.4 Å². The number of rotatable bonds is 11. The summed E-state index contributed by atoms with van der Waals surface area (Å²) in [6.07, 6.45) is 0. The van der Waals surface area contributed by atoms with Crippen LogP contribution in [0.15, 0.2) is 42.5 Å². The first kappa shape index (κ1) is 23.0. The van der Waals surface area contributed by atoms with Crippen LogP contribution in [0.5, 0.6) is 11.5 Å². The summed E-state index contributed by atoms with van der Waals surface area (Å²) < 4.78 is 10.6. The Kier molecular flexibility index (Phi) is 9.55. The van der Waals surface area contributed by atoms with Crippen LogP contribution >= 0.6 is 12.4 Å². The highest BCUT2D eigenvalue weighted by atomic mass is 35.5. The van der Waals surface area contributed by atoms with Crippen molar-refractivity contribution in [2.45, 2.75) is 6.54 Å². The maximum atomic E-state index is 10.8. The van der Waals surface area contributed by atoms with Crippen LogP contribution in [0, 0.1) is 10.1 Å². The predicted molar refractivity (Wildman–Crippen MR) is 108 cm³/mol. The van der Waals surface area contributed by atoms with E-state index in [0.717, 1.165) is 11.3 Å². The summed E-state index contributed by atoms with van der Waals surface area (Å²) in [5.41, 5.74) is 6.95. The highest BCUT2D eigenvalue weighted by Crippen LogP contribution is 2.27. The fourth-order valence-electron chi connectivity index (χ4n) is 2.32. The summed E-state index contributed by atoms with van der Waals surface area (Å²) in [4.78, 5) is 21.0. The average molecular weight is 411 g/mol. The maximum Gasteiger partial charge on any atom is 0.269 e. The molecule has 10 heteroatoms. The minimum atomic E-state index is -0.552. The Labute approximate surface area is 168 Å². The number of anilines is 1. The van der Waals surface area contributed by atoms with E-state index in [0.29, 0.717) is 31.1 Å². The molecule has 2 aromatic carbocycles. The summed E-state index contributed by atoms with van der Waals surface area (Å²) in [5, 5.41) is 17.1. The average Bonchev–Trinajstić information content (AvgIpc) is 2.66. The Hall–Kier alpha value is -3.04. The Morgan fingerprint density at radius 2 is 1.86 bits per heavy atom. The standard InChI is InChI=1S/C18H22N4O5.ClH/c1-26-17-10-13(2-7-16(17)27-12-18(19)23)11-20-8-9-21-14-3-5-15(6-4-14)22(24)25;/h2-7,10,20-21H,8-9,11-12H2,1H3,(H2,19,23);1H. The molecule has 152 valence electrons. The number of hydrogen-bond donors (Lipinski definition) is 3. The number of non-ortho nitro benzene ring substituents is 1. The molecule has 0 fully saturated rings. The lowest BCUT2D eigenvalue weighted by atomic mass is 10.2. The van der Waals surface area contributed by atoms with Crippen molar-refractivity contribution in [3.05, 3.63) is 58.1 Å². The van der Waals surface area contributed by atoms with E-state index in [-0.39, 0.29) is 24.7 Å². The first-order valence-corrected chi connectivity index (χ1v) is 8.26. The second-order valence-electron chi connectivity index (χ2n) is 5.65. The maximum absolute atomic E-state index is 10.8. The van der Waals surface area contributed by atoms with Crippen LogP contribution in [-0.2, 0) is 11.3 Å². The second kappa shape index (κ2) is 11.6. The number of amides is 1. The third-order valence-electron chi connectivity index (χ3n) is 3.64. The number of ether oxygens (including phenoxy) is 2. The van der Waals surface area contributed by atoms with Crippen LogP contribution < -0.4 is 25.8 Å². The normalized spacial score (nSPS) is 9.89. The molecule has 2 rings (SSSR count). The van der Waals surface area contributed by atoms with Crippen molar-refractivity contribution in [3.8, 4) is 11.5 Å². The molecule has 0 radical (unpaired) electrons. The zero-order valence-electron chi connectivity index (χ0n) is 15.3. The molecule has 0 spiro atoms. The molecule has 0 saturated carbocycles. The van der Waals surface area contributed by atoms with Gasteiger partial charge in [0.2, 0.25) is 0 Å². The largest absolute Gasteiger partial charge is 0.493 e. The highest BCUT2D eigenvalue weighted by Gasteiger charge is 2.07. The van der Waals surface area contributed by atoms with Crippen molar-refractivity contribution < 1.29 is 19.2 Å². The van der Waals surface area contributed by atoms with E-state index in [9.17, 15) is 14.9 Å². The molecule has 1 amide bonds. The van der Waals surface area contributed by atoms with Gasteiger partial charge in [0, 0.05) is 37.5 Å². The van der Waals surface area contributed by atoms with E-state index in [4.69, 9.17) is 15.2 Å². The first-order chi connectivity index (χ1) is 13.0. The summed E-state index contributed by atoms with van der Waals surface area (Å²) in [5.74, 6) is 0.433. The van der Waals surface area contributed by atoms with E-state index in [1.54, 1.807) is 18.2 Å². The van der Waals surface area contributed by atoms with E-state index >= 15 is 0 Å². The number of nitrogens with two attached hydrogens (primary N) is 1. The Morgan fingerprint density at radius 3 is 2.46 bits per heavy atom. The molecule has 0 saturated heterocycles. The topological polar surface area (TPSA) is 129 Å². The Morgan fingerprint density at radius 1 is 1.14 bits per heavy atom. The molecule has 0 aliphatic rings. The van der Waals surface area contributed by atoms with E-state index in [2.05, 4.69) is 10.6 Å². The van der Waals surface area contributed by atoms with Crippen molar-refractivity contribution in [2.75, 3.05) is 32.1 Å². The van der Waals surface area contributed by atoms with E-state index in [1.165, 1.54) is 19.2 Å². The van der Waals surface area contributed by atoms with Gasteiger partial charge in [-0.1, -0.05) is 6.07 Å². The molecule has 28 heavy (non-hydrogen) atoms. The third kappa shape index (κ3) is 7.29. The van der Waals surface area contributed by atoms with Crippen LogP contribution in [0.3, 0.4) is 0 Å². The fraction of sp³-hybridized carbons (Fsp3) is 0.278. The number of halogens is 1. The van der Waals surface area contributed by atoms with Crippen LogP contribution in [0.25, 0.3) is 0 Å². The number of primary amides is 1. The number of carbonyl (C=O) groups excluding carboxylic acids is 1. The minimum absolute atomic E-state index is 0. The molecule has 0 atom stereocenters. The van der Waals surface area contributed by atoms with Crippen molar-refractivity contribution >= 4 is 29.7 Å². The van der Waals surface area contributed by atoms with Gasteiger partial charge in [-0.15, -0.1) is 12.4 Å². The monoisotopic (exact) mass is 410 g/mol. The van der Waals surface area contributed by atoms with E-state index < -0.39 is 10.8 Å². The molecule has 0 unspecified atom stereocenters. The molecule has 4 N–H and O–H groups in total. The molecule has 0 bridgehead atoms. The van der Waals surface area contributed by atoms with Crippen molar-refractivity contribution in [1.29, 1.82) is 0 Å². The molecule has 2 aromatic rings. The Balaban J connectivity index is 0.00000392. The summed E-state index contributed by atoms with van der Waals surface area (Å²) in [6, 6.07) is 11.7. The van der Waals surface area contributed by atoms with Gasteiger partial charge in [0.25, 0.3) is 11.6 Å². The molecule has 9 nitrogen and oxygen atoms in total. The molecule has 0 aliphatic heterocycles. The number of benzene rings is 2. The van der Waals surface area contributed by atoms with Gasteiger partial charge >= 0.3 is 0 Å². The zero-order chi connectivity index (χ0) is 19.6. The van der Waals surface area contributed by atoms with Gasteiger partial charge in [0.05, 0.1) is 12.0 Å². The second-order valence-corrected chi connectivity index (χ2v) is 5.65. The minimum Gasteiger partial charge on any atom is -0.493 e. The summed E-state index contributed by atoms with van der Waals surface area (Å²) in [7, 11) is 1.53. The van der Waals surface area contributed by atoms with Gasteiger partial charge in [0.1, 0.15) is 0 Å². The molecular weight excluding hydrogens is 388 g/mol. The van der Waals surface area contributed by atoms with Gasteiger partial charge in [-0.25, -0.2) is 0 Å². The molecule has 0 aliphatic carbocycles. The summed E-state index contributed by atoms with van der Waals surface area (Å²) >= 11 is 0. The lowest BCUT2D eigenvalue weighted by Gasteiger charge is -2.12. The van der Waals surface area contributed by atoms with Crippen LogP contribution in [-0.4, -0.2) is 37.6 Å². The summed E-state index contributed by atoms with van der Waals surface area (Å²) in [6.45, 7) is 1.77. The number of nitrogens with zero attached hydrogens (tertiary/aromatic N) is 1. The van der Waals surface area contributed by atoms with Gasteiger partial charge in [-0.3, -0.25) is 14.9 Å². The lowest BCUT2D eigenvalue weighted by molar-refractivity contribution is -0.384. The van der Waals surface area contributed by atoms with Gasteiger partial charge < -0.3 is 25.8 Å². The number of nitro benzene ring substituents is 1. The van der Waals surface area contributed by atoms with Gasteiger partial charge in [0.15, 0.2) is 18.1 Å². The fourth-order valence-corrected chi connectivity index (χ4v) is 2.32. The van der Waals surface area contributed by atoms with Crippen molar-refractivity contribution in [1.82, 2.24) is 5.32 Å². The number of nitrogens with one attached hydrogen (secondary N) is 2. The number of methoxy groups -OCH3 is 1. The molecule has 0 aromatic heterocycles. The predicted octanol–water partition coefficient (Wildman–Crippen LogP) is 2.09. The first-order valence-electron chi connectivity index (χ1n) is 8.26. The number of nitro groups is 1. The third-order valence-corrected chi connectivity index (χ3v) is 3.64. The van der Waals surface area contributed by atoms with E-state index in [1.807, 2.05) is 12.1 Å². The highest BCUT2D eigenvalue weighted by molar-refractivity contribution is 5.85. The lowest BCUT2D eigenvalue weighted by Crippen LogP contribution is -2.22. The number of carbonyl (C=O) groups is 1. The molecular formula is C18H23ClN4O5. The molecule has 0 heterocycles. The van der Waals surface area contributed by atoms with Gasteiger partial charge in [-0.05, 0) is 29.8 Å². The van der Waals surface area contributed by atoms with Crippen LogP contribution in [0.1, 0.15) is 5.56 Å². The zero-order valence-corrected chi connectivity index (χ0v) is 16.2.